The van der Waals surface area contributed by atoms with Crippen LogP contribution in [0.2, 0.25) is 15.1 Å². The first kappa shape index (κ1) is 24.1. The summed E-state index contributed by atoms with van der Waals surface area (Å²) in [5.41, 5.74) is 5.07. The Hall–Kier alpha value is -2.51. The lowest BCUT2D eigenvalue weighted by atomic mass is 10.2. The van der Waals surface area contributed by atoms with Crippen LogP contribution in [-0.4, -0.2) is 17.9 Å². The third-order valence-electron chi connectivity index (χ3n) is 4.19. The molecule has 0 saturated heterocycles. The van der Waals surface area contributed by atoms with Gasteiger partial charge in [0.2, 0.25) is 0 Å². The number of benzene rings is 3. The van der Waals surface area contributed by atoms with E-state index in [1.807, 2.05) is 49.4 Å². The number of anilines is 1. The summed E-state index contributed by atoms with van der Waals surface area (Å²) in [5, 5.41) is 8.86. The maximum absolute atomic E-state index is 6.26. The SMILES string of the molecule is CCOc1cc(C=NNC(=S)Nc2ccccc2)ccc1OCc1c(Cl)ccc(Cl)c1Cl. The van der Waals surface area contributed by atoms with E-state index < -0.39 is 0 Å². The summed E-state index contributed by atoms with van der Waals surface area (Å²) in [7, 11) is 0. The summed E-state index contributed by atoms with van der Waals surface area (Å²) in [6.07, 6.45) is 1.63. The number of halogens is 3. The van der Waals surface area contributed by atoms with E-state index in [1.165, 1.54) is 0 Å². The van der Waals surface area contributed by atoms with Gasteiger partial charge in [-0.2, -0.15) is 5.10 Å². The minimum atomic E-state index is 0.146. The van der Waals surface area contributed by atoms with Gasteiger partial charge in [0, 0.05) is 16.3 Å². The second-order valence-corrected chi connectivity index (χ2v) is 8.04. The fraction of sp³-hybridized carbons (Fsp3) is 0.130. The number of nitrogens with one attached hydrogen (secondary N) is 2. The Morgan fingerprint density at radius 1 is 0.969 bits per heavy atom. The first-order valence-electron chi connectivity index (χ1n) is 9.65. The van der Waals surface area contributed by atoms with Gasteiger partial charge < -0.3 is 14.8 Å². The Balaban J connectivity index is 1.66. The minimum absolute atomic E-state index is 0.146. The van der Waals surface area contributed by atoms with Gasteiger partial charge in [0.1, 0.15) is 6.61 Å². The summed E-state index contributed by atoms with van der Waals surface area (Å²) < 4.78 is 11.6. The maximum atomic E-state index is 6.26. The van der Waals surface area contributed by atoms with Gasteiger partial charge in [-0.05, 0) is 67.2 Å². The monoisotopic (exact) mass is 507 g/mol. The van der Waals surface area contributed by atoms with Gasteiger partial charge in [-0.1, -0.05) is 53.0 Å². The van der Waals surface area contributed by atoms with Crippen molar-refractivity contribution in [3.8, 4) is 11.5 Å². The molecule has 3 aromatic carbocycles. The predicted octanol–water partition coefficient (Wildman–Crippen LogP) is 6.95. The van der Waals surface area contributed by atoms with E-state index in [-0.39, 0.29) is 6.61 Å². The zero-order valence-corrected chi connectivity index (χ0v) is 20.2. The first-order chi connectivity index (χ1) is 15.5. The minimum Gasteiger partial charge on any atom is -0.490 e. The second kappa shape index (κ2) is 11.9. The van der Waals surface area contributed by atoms with Crippen LogP contribution in [0, 0.1) is 0 Å². The van der Waals surface area contributed by atoms with Crippen molar-refractivity contribution in [2.75, 3.05) is 11.9 Å². The number of rotatable bonds is 8. The zero-order chi connectivity index (χ0) is 22.9. The van der Waals surface area contributed by atoms with Crippen molar-refractivity contribution in [2.45, 2.75) is 13.5 Å². The molecule has 166 valence electrons. The van der Waals surface area contributed by atoms with Crippen LogP contribution in [0.3, 0.4) is 0 Å². The lowest BCUT2D eigenvalue weighted by molar-refractivity contribution is 0.269. The molecule has 0 heterocycles. The molecule has 2 N–H and O–H groups in total. The molecule has 3 rings (SSSR count). The average Bonchev–Trinajstić information content (AvgIpc) is 2.78. The molecular weight excluding hydrogens is 489 g/mol. The van der Waals surface area contributed by atoms with Gasteiger partial charge in [0.25, 0.3) is 0 Å². The molecule has 5 nitrogen and oxygen atoms in total. The van der Waals surface area contributed by atoms with E-state index >= 15 is 0 Å². The summed E-state index contributed by atoms with van der Waals surface area (Å²) in [4.78, 5) is 0. The van der Waals surface area contributed by atoms with E-state index in [0.29, 0.717) is 43.8 Å². The molecule has 0 aromatic heterocycles. The maximum Gasteiger partial charge on any atom is 0.191 e. The highest BCUT2D eigenvalue weighted by Gasteiger charge is 2.12. The third-order valence-corrected chi connectivity index (χ3v) is 5.58. The Kier molecular flexibility index (Phi) is 9.00. The molecule has 0 atom stereocenters. The molecule has 32 heavy (non-hydrogen) atoms. The standard InChI is InChI=1S/C23H20Cl3N3O2S/c1-2-30-21-12-15(13-27-29-23(32)28-16-6-4-3-5-7-16)8-11-20(21)31-14-17-18(24)9-10-19(25)22(17)26/h3-13H,2,14H2,1H3,(H2,28,29,32). The molecule has 9 heteroatoms. The van der Waals surface area contributed by atoms with Crippen molar-refractivity contribution in [1.82, 2.24) is 5.43 Å². The summed E-state index contributed by atoms with van der Waals surface area (Å²) in [6, 6.07) is 18.4. The molecule has 0 bridgehead atoms. The summed E-state index contributed by atoms with van der Waals surface area (Å²) >= 11 is 23.8. The van der Waals surface area contributed by atoms with E-state index in [4.69, 9.17) is 56.5 Å². The van der Waals surface area contributed by atoms with Crippen molar-refractivity contribution in [1.29, 1.82) is 0 Å². The van der Waals surface area contributed by atoms with E-state index in [1.54, 1.807) is 24.4 Å². The fourth-order valence-electron chi connectivity index (χ4n) is 2.69. The number of nitrogens with zero attached hydrogens (tertiary/aromatic N) is 1. The number of hydrazone groups is 1. The number of ether oxygens (including phenoxy) is 2. The van der Waals surface area contributed by atoms with Gasteiger partial charge in [-0.3, -0.25) is 5.43 Å². The van der Waals surface area contributed by atoms with Gasteiger partial charge in [-0.15, -0.1) is 0 Å². The number of para-hydroxylation sites is 1. The normalized spacial score (nSPS) is 10.8. The molecule has 0 fully saturated rings. The molecule has 0 aliphatic rings. The first-order valence-corrected chi connectivity index (χ1v) is 11.2. The number of hydrogen-bond donors (Lipinski definition) is 2. The van der Waals surface area contributed by atoms with Gasteiger partial charge in [0.15, 0.2) is 16.6 Å². The molecule has 0 aliphatic heterocycles. The topological polar surface area (TPSA) is 54.9 Å². The highest BCUT2D eigenvalue weighted by Crippen LogP contribution is 2.34. The Bertz CT molecular complexity index is 1110. The second-order valence-electron chi connectivity index (χ2n) is 6.44. The van der Waals surface area contributed by atoms with Gasteiger partial charge in [0.05, 0.1) is 22.9 Å². The molecule has 0 saturated carbocycles. The molecule has 0 radical (unpaired) electrons. The van der Waals surface area contributed by atoms with Crippen LogP contribution in [0.25, 0.3) is 0 Å². The number of hydrogen-bond acceptors (Lipinski definition) is 4. The van der Waals surface area contributed by atoms with E-state index in [0.717, 1.165) is 11.3 Å². The lowest BCUT2D eigenvalue weighted by Gasteiger charge is -2.14. The fourth-order valence-corrected chi connectivity index (χ4v) is 3.52. The molecule has 3 aromatic rings. The Morgan fingerprint density at radius 3 is 2.47 bits per heavy atom. The molecular formula is C23H20Cl3N3O2S. The molecule has 0 amide bonds. The van der Waals surface area contributed by atoms with Gasteiger partial charge in [-0.25, -0.2) is 0 Å². The Morgan fingerprint density at radius 2 is 1.72 bits per heavy atom. The van der Waals surface area contributed by atoms with Crippen LogP contribution in [0.5, 0.6) is 11.5 Å². The molecule has 0 aliphatic carbocycles. The summed E-state index contributed by atoms with van der Waals surface area (Å²) in [5.74, 6) is 1.11. The quantitative estimate of drug-likeness (QED) is 0.149. The van der Waals surface area contributed by atoms with Crippen LogP contribution in [0.4, 0.5) is 5.69 Å². The third kappa shape index (κ3) is 6.74. The number of thiocarbonyl (C=S) groups is 1. The van der Waals surface area contributed by atoms with Crippen molar-refractivity contribution in [3.63, 3.8) is 0 Å². The van der Waals surface area contributed by atoms with Crippen molar-refractivity contribution < 1.29 is 9.47 Å². The van der Waals surface area contributed by atoms with E-state index in [2.05, 4.69) is 15.8 Å². The van der Waals surface area contributed by atoms with Crippen LogP contribution < -0.4 is 20.2 Å². The van der Waals surface area contributed by atoms with E-state index in [9.17, 15) is 0 Å². The van der Waals surface area contributed by atoms with Crippen molar-refractivity contribution in [2.24, 2.45) is 5.10 Å². The summed E-state index contributed by atoms with van der Waals surface area (Å²) in [6.45, 7) is 2.51. The largest absolute Gasteiger partial charge is 0.490 e. The highest BCUT2D eigenvalue weighted by atomic mass is 35.5. The highest BCUT2D eigenvalue weighted by molar-refractivity contribution is 7.80. The van der Waals surface area contributed by atoms with Crippen LogP contribution in [0.15, 0.2) is 65.8 Å². The average molecular weight is 509 g/mol. The van der Waals surface area contributed by atoms with Crippen LogP contribution in [0.1, 0.15) is 18.1 Å². The van der Waals surface area contributed by atoms with Crippen LogP contribution in [-0.2, 0) is 6.61 Å². The Labute approximate surface area is 207 Å². The molecule has 0 unspecified atom stereocenters. The smallest absolute Gasteiger partial charge is 0.191 e. The van der Waals surface area contributed by atoms with Crippen molar-refractivity contribution in [3.05, 3.63) is 86.9 Å². The molecule has 0 spiro atoms. The predicted molar refractivity (Wildman–Crippen MR) is 137 cm³/mol. The van der Waals surface area contributed by atoms with Crippen molar-refractivity contribution >= 4 is 64.0 Å². The lowest BCUT2D eigenvalue weighted by Crippen LogP contribution is -2.23. The zero-order valence-electron chi connectivity index (χ0n) is 17.1. The van der Waals surface area contributed by atoms with Gasteiger partial charge >= 0.3 is 0 Å². The van der Waals surface area contributed by atoms with Crippen LogP contribution >= 0.6 is 47.0 Å².